The van der Waals surface area contributed by atoms with Crippen LogP contribution in [0.4, 0.5) is 5.69 Å². The predicted molar refractivity (Wildman–Crippen MR) is 58.5 cm³/mol. The molecule has 0 saturated heterocycles. The summed E-state index contributed by atoms with van der Waals surface area (Å²) >= 11 is 0. The van der Waals surface area contributed by atoms with Crippen molar-refractivity contribution < 1.29 is 19.2 Å². The summed E-state index contributed by atoms with van der Waals surface area (Å²) in [6, 6.07) is 0. The Morgan fingerprint density at radius 1 is 1.61 bits per heavy atom. The number of esters is 1. The Kier molecular flexibility index (Phi) is 4.78. The number of hydrogen-bond donors (Lipinski definition) is 1. The van der Waals surface area contributed by atoms with Crippen molar-refractivity contribution in [2.45, 2.75) is 13.5 Å². The highest BCUT2D eigenvalue weighted by atomic mass is 16.6. The summed E-state index contributed by atoms with van der Waals surface area (Å²) in [6.45, 7) is 1.45. The first-order valence-corrected chi connectivity index (χ1v) is 5.12. The van der Waals surface area contributed by atoms with Crippen LogP contribution < -0.4 is 5.32 Å². The molecule has 1 amide bonds. The molecule has 1 rings (SSSR count). The van der Waals surface area contributed by atoms with Crippen LogP contribution in [0.5, 0.6) is 0 Å². The highest BCUT2D eigenvalue weighted by Gasteiger charge is 2.11. The van der Waals surface area contributed by atoms with Gasteiger partial charge in [0.05, 0.1) is 11.5 Å². The average Bonchev–Trinajstić information content (AvgIpc) is 2.75. The van der Waals surface area contributed by atoms with Crippen molar-refractivity contribution in [3.8, 4) is 0 Å². The molecule has 1 N–H and O–H groups in total. The zero-order valence-electron chi connectivity index (χ0n) is 9.66. The maximum Gasteiger partial charge on any atom is 0.325 e. The number of carbonyl (C=O) groups excluding carboxylic acids is 2. The standard InChI is InChI=1S/C9H12N4O5/c1-2-18-9(15)4-10-8(14)6-12-5-7(3-11-12)13(16)17/h3,5H,2,4,6H2,1H3,(H,10,14). The van der Waals surface area contributed by atoms with Gasteiger partial charge in [-0.2, -0.15) is 5.10 Å². The molecule has 1 heterocycles. The normalized spacial score (nSPS) is 9.83. The first-order chi connectivity index (χ1) is 8.52. The highest BCUT2D eigenvalue weighted by Crippen LogP contribution is 2.07. The molecule has 18 heavy (non-hydrogen) atoms. The molecule has 0 aliphatic carbocycles. The van der Waals surface area contributed by atoms with Crippen LogP contribution in [0, 0.1) is 10.1 Å². The lowest BCUT2D eigenvalue weighted by molar-refractivity contribution is -0.385. The summed E-state index contributed by atoms with van der Waals surface area (Å²) in [5, 5.41) is 16.3. The molecule has 0 aliphatic heterocycles. The SMILES string of the molecule is CCOC(=O)CNC(=O)Cn1cc([N+](=O)[O-])cn1. The summed E-state index contributed by atoms with van der Waals surface area (Å²) in [5.74, 6) is -1.03. The van der Waals surface area contributed by atoms with Gasteiger partial charge in [-0.25, -0.2) is 0 Å². The van der Waals surface area contributed by atoms with Crippen LogP contribution in [0.15, 0.2) is 12.4 Å². The van der Waals surface area contributed by atoms with E-state index < -0.39 is 16.8 Å². The Labute approximate surface area is 102 Å². The predicted octanol–water partition coefficient (Wildman–Crippen LogP) is -0.529. The Morgan fingerprint density at radius 3 is 2.89 bits per heavy atom. The molecule has 98 valence electrons. The zero-order valence-corrected chi connectivity index (χ0v) is 9.66. The van der Waals surface area contributed by atoms with Crippen LogP contribution >= 0.6 is 0 Å². The van der Waals surface area contributed by atoms with Crippen LogP contribution in [0.1, 0.15) is 6.92 Å². The average molecular weight is 256 g/mol. The summed E-state index contributed by atoms with van der Waals surface area (Å²) in [7, 11) is 0. The highest BCUT2D eigenvalue weighted by molar-refractivity contribution is 5.81. The number of amides is 1. The smallest absolute Gasteiger partial charge is 0.325 e. The van der Waals surface area contributed by atoms with Gasteiger partial charge in [0.1, 0.15) is 25.5 Å². The fourth-order valence-electron chi connectivity index (χ4n) is 1.12. The van der Waals surface area contributed by atoms with Gasteiger partial charge in [0.15, 0.2) is 0 Å². The fraction of sp³-hybridized carbons (Fsp3) is 0.444. The topological polar surface area (TPSA) is 116 Å². The number of hydrogen-bond acceptors (Lipinski definition) is 6. The number of aromatic nitrogens is 2. The van der Waals surface area contributed by atoms with Crippen LogP contribution in [0.3, 0.4) is 0 Å². The third-order valence-electron chi connectivity index (χ3n) is 1.87. The van der Waals surface area contributed by atoms with Gasteiger partial charge in [-0.1, -0.05) is 0 Å². The van der Waals surface area contributed by atoms with E-state index >= 15 is 0 Å². The van der Waals surface area contributed by atoms with E-state index in [9.17, 15) is 19.7 Å². The van der Waals surface area contributed by atoms with Gasteiger partial charge in [-0.05, 0) is 6.92 Å². The molecule has 0 fully saturated rings. The molecule has 0 atom stereocenters. The van der Waals surface area contributed by atoms with Crippen molar-refractivity contribution >= 4 is 17.6 Å². The van der Waals surface area contributed by atoms with E-state index in [0.29, 0.717) is 0 Å². The Morgan fingerprint density at radius 2 is 2.33 bits per heavy atom. The summed E-state index contributed by atoms with van der Waals surface area (Å²) in [4.78, 5) is 32.1. The molecule has 0 saturated carbocycles. The molecule has 0 unspecified atom stereocenters. The van der Waals surface area contributed by atoms with E-state index in [4.69, 9.17) is 0 Å². The second-order valence-corrected chi connectivity index (χ2v) is 3.23. The van der Waals surface area contributed by atoms with Gasteiger partial charge in [-0.15, -0.1) is 0 Å². The van der Waals surface area contributed by atoms with E-state index in [0.717, 1.165) is 17.1 Å². The minimum absolute atomic E-state index is 0.201. The van der Waals surface area contributed by atoms with Crippen LogP contribution in [-0.4, -0.2) is 39.7 Å². The lowest BCUT2D eigenvalue weighted by Crippen LogP contribution is -2.33. The van der Waals surface area contributed by atoms with E-state index in [1.54, 1.807) is 6.92 Å². The zero-order chi connectivity index (χ0) is 13.5. The van der Waals surface area contributed by atoms with Crippen molar-refractivity contribution in [2.75, 3.05) is 13.2 Å². The van der Waals surface area contributed by atoms with E-state index in [-0.39, 0.29) is 25.4 Å². The second-order valence-electron chi connectivity index (χ2n) is 3.23. The minimum Gasteiger partial charge on any atom is -0.465 e. The largest absolute Gasteiger partial charge is 0.465 e. The van der Waals surface area contributed by atoms with Crippen molar-refractivity contribution in [3.05, 3.63) is 22.5 Å². The molecule has 9 nitrogen and oxygen atoms in total. The molecule has 1 aromatic heterocycles. The van der Waals surface area contributed by atoms with Crippen LogP contribution in [0.25, 0.3) is 0 Å². The van der Waals surface area contributed by atoms with Crippen molar-refractivity contribution in [3.63, 3.8) is 0 Å². The number of carbonyl (C=O) groups is 2. The molecule has 0 spiro atoms. The van der Waals surface area contributed by atoms with Gasteiger partial charge in [-0.3, -0.25) is 24.4 Å². The quantitative estimate of drug-likeness (QED) is 0.415. The third-order valence-corrected chi connectivity index (χ3v) is 1.87. The first-order valence-electron chi connectivity index (χ1n) is 5.12. The molecule has 1 aromatic rings. The number of nitrogens with one attached hydrogen (secondary N) is 1. The molecular formula is C9H12N4O5. The second kappa shape index (κ2) is 6.33. The van der Waals surface area contributed by atoms with E-state index in [1.165, 1.54) is 0 Å². The third kappa shape index (κ3) is 4.20. The Bertz CT molecular complexity index is 456. The van der Waals surface area contributed by atoms with Crippen molar-refractivity contribution in [1.82, 2.24) is 15.1 Å². The van der Waals surface area contributed by atoms with Crippen molar-refractivity contribution in [1.29, 1.82) is 0 Å². The summed E-state index contributed by atoms with van der Waals surface area (Å²) in [5.41, 5.74) is -0.201. The molecule has 0 aliphatic rings. The van der Waals surface area contributed by atoms with Gasteiger partial charge in [0.2, 0.25) is 5.91 Å². The van der Waals surface area contributed by atoms with E-state index in [2.05, 4.69) is 15.2 Å². The number of ether oxygens (including phenoxy) is 1. The maximum atomic E-state index is 11.4. The first kappa shape index (κ1) is 13.6. The maximum absolute atomic E-state index is 11.4. The van der Waals surface area contributed by atoms with E-state index in [1.807, 2.05) is 0 Å². The fourth-order valence-corrected chi connectivity index (χ4v) is 1.12. The molecular weight excluding hydrogens is 244 g/mol. The molecule has 0 bridgehead atoms. The van der Waals surface area contributed by atoms with Crippen LogP contribution in [0.2, 0.25) is 0 Å². The van der Waals surface area contributed by atoms with Gasteiger partial charge < -0.3 is 10.1 Å². The van der Waals surface area contributed by atoms with Crippen LogP contribution in [-0.2, 0) is 20.9 Å². The Balaban J connectivity index is 2.39. The molecule has 9 heteroatoms. The van der Waals surface area contributed by atoms with Crippen molar-refractivity contribution in [2.24, 2.45) is 0 Å². The monoisotopic (exact) mass is 256 g/mol. The lowest BCUT2D eigenvalue weighted by Gasteiger charge is -2.04. The summed E-state index contributed by atoms with van der Waals surface area (Å²) in [6.07, 6.45) is 2.17. The van der Waals surface area contributed by atoms with Gasteiger partial charge >= 0.3 is 11.7 Å². The molecule has 0 radical (unpaired) electrons. The minimum atomic E-state index is -0.611. The Hall–Kier alpha value is -2.45. The van der Waals surface area contributed by atoms with Gasteiger partial charge in [0, 0.05) is 0 Å². The number of nitro groups is 1. The number of rotatable bonds is 6. The molecule has 0 aromatic carbocycles. The number of nitrogens with zero attached hydrogens (tertiary/aromatic N) is 3. The summed E-state index contributed by atoms with van der Waals surface area (Å²) < 4.78 is 5.72. The lowest BCUT2D eigenvalue weighted by atomic mass is 10.5. The van der Waals surface area contributed by atoms with Gasteiger partial charge in [0.25, 0.3) is 0 Å².